The van der Waals surface area contributed by atoms with Gasteiger partial charge in [0.1, 0.15) is 0 Å². The van der Waals surface area contributed by atoms with Gasteiger partial charge in [-0.05, 0) is 25.0 Å². The van der Waals surface area contributed by atoms with Crippen LogP contribution in [0, 0.1) is 5.82 Å². The molecule has 0 unspecified atom stereocenters. The van der Waals surface area contributed by atoms with E-state index in [0.29, 0.717) is 16.4 Å². The average molecular weight is 456 g/mol. The standard InChI is InChI=1S/C26H47ClFN3/c1-3-5-7-9-11-13-15-17-21-31(22-18-16-14-12-10-8-6-4-2)26-23(27)19-20-24(30-29)25(26)28/h19-20,30H,3-18,21-22,29H2,1-2H3. The molecule has 0 atom stereocenters. The molecule has 3 nitrogen and oxygen atoms in total. The number of nitrogens with zero attached hydrogens (tertiary/aromatic N) is 1. The number of unbranched alkanes of at least 4 members (excludes halogenated alkanes) is 14. The maximum absolute atomic E-state index is 15.0. The molecule has 0 saturated carbocycles. The SMILES string of the molecule is CCCCCCCCCCN(CCCCCCCCCC)c1c(Cl)ccc(NN)c1F. The van der Waals surface area contributed by atoms with Crippen molar-refractivity contribution in [3.63, 3.8) is 0 Å². The van der Waals surface area contributed by atoms with Gasteiger partial charge < -0.3 is 10.3 Å². The summed E-state index contributed by atoms with van der Waals surface area (Å²) >= 11 is 6.42. The molecule has 0 bridgehead atoms. The first kappa shape index (κ1) is 28.0. The Kier molecular flexibility index (Phi) is 16.8. The van der Waals surface area contributed by atoms with Gasteiger partial charge in [0, 0.05) is 13.1 Å². The number of hydrogen-bond donors (Lipinski definition) is 2. The lowest BCUT2D eigenvalue weighted by Crippen LogP contribution is -2.27. The van der Waals surface area contributed by atoms with Crippen molar-refractivity contribution in [3.05, 3.63) is 23.0 Å². The van der Waals surface area contributed by atoms with Gasteiger partial charge in [0.15, 0.2) is 5.82 Å². The average Bonchev–Trinajstić information content (AvgIpc) is 2.77. The highest BCUT2D eigenvalue weighted by Gasteiger charge is 2.18. The van der Waals surface area contributed by atoms with E-state index in [9.17, 15) is 0 Å². The van der Waals surface area contributed by atoms with Crippen LogP contribution in [-0.2, 0) is 0 Å². The molecule has 180 valence electrons. The molecule has 0 heterocycles. The molecule has 1 aromatic rings. The highest BCUT2D eigenvalue weighted by molar-refractivity contribution is 6.33. The second kappa shape index (κ2) is 18.6. The number of nitrogens with one attached hydrogen (secondary N) is 1. The van der Waals surface area contributed by atoms with Crippen LogP contribution in [0.15, 0.2) is 12.1 Å². The molecule has 0 saturated heterocycles. The van der Waals surface area contributed by atoms with Crippen molar-refractivity contribution in [2.75, 3.05) is 23.4 Å². The minimum Gasteiger partial charge on any atom is -0.368 e. The summed E-state index contributed by atoms with van der Waals surface area (Å²) in [6, 6.07) is 3.34. The van der Waals surface area contributed by atoms with E-state index in [2.05, 4.69) is 24.2 Å². The Morgan fingerprint density at radius 3 is 1.58 bits per heavy atom. The third-order valence-corrected chi connectivity index (χ3v) is 6.41. The lowest BCUT2D eigenvalue weighted by molar-refractivity contribution is 0.549. The van der Waals surface area contributed by atoms with Gasteiger partial charge in [-0.3, -0.25) is 5.84 Å². The molecule has 0 aliphatic heterocycles. The fourth-order valence-corrected chi connectivity index (χ4v) is 4.42. The predicted octanol–water partition coefficient (Wildman–Crippen LogP) is 8.85. The maximum Gasteiger partial charge on any atom is 0.172 e. The van der Waals surface area contributed by atoms with Crippen molar-refractivity contribution in [2.24, 2.45) is 5.84 Å². The van der Waals surface area contributed by atoms with Crippen molar-refractivity contribution in [3.8, 4) is 0 Å². The summed E-state index contributed by atoms with van der Waals surface area (Å²) in [6.45, 7) is 6.19. The fourth-order valence-electron chi connectivity index (χ4n) is 4.15. The van der Waals surface area contributed by atoms with E-state index < -0.39 is 0 Å². The van der Waals surface area contributed by atoms with Gasteiger partial charge in [-0.1, -0.05) is 115 Å². The number of anilines is 2. The zero-order valence-electron chi connectivity index (χ0n) is 20.2. The normalized spacial score (nSPS) is 11.1. The summed E-state index contributed by atoms with van der Waals surface area (Å²) in [5.41, 5.74) is 3.26. The van der Waals surface area contributed by atoms with E-state index in [0.717, 1.165) is 25.9 Å². The van der Waals surface area contributed by atoms with Crippen LogP contribution >= 0.6 is 11.6 Å². The van der Waals surface area contributed by atoms with Gasteiger partial charge in [0.25, 0.3) is 0 Å². The summed E-state index contributed by atoms with van der Waals surface area (Å²) in [5, 5.41) is 0.468. The lowest BCUT2D eigenvalue weighted by Gasteiger charge is -2.27. The largest absolute Gasteiger partial charge is 0.368 e. The number of hydrazine groups is 1. The zero-order valence-corrected chi connectivity index (χ0v) is 20.9. The molecule has 0 radical (unpaired) electrons. The topological polar surface area (TPSA) is 41.3 Å². The van der Waals surface area contributed by atoms with Crippen molar-refractivity contribution >= 4 is 23.0 Å². The van der Waals surface area contributed by atoms with E-state index in [-0.39, 0.29) is 5.82 Å². The number of hydrogen-bond acceptors (Lipinski definition) is 3. The summed E-state index contributed by atoms with van der Waals surface area (Å²) < 4.78 is 15.0. The molecule has 0 aliphatic carbocycles. The number of rotatable bonds is 20. The first-order valence-corrected chi connectivity index (χ1v) is 13.2. The van der Waals surface area contributed by atoms with E-state index in [1.54, 1.807) is 12.1 Å². The number of benzene rings is 1. The first-order chi connectivity index (χ1) is 15.2. The smallest absolute Gasteiger partial charge is 0.172 e. The fraction of sp³-hybridized carbons (Fsp3) is 0.769. The molecular weight excluding hydrogens is 409 g/mol. The van der Waals surface area contributed by atoms with Crippen LogP contribution in [0.3, 0.4) is 0 Å². The lowest BCUT2D eigenvalue weighted by atomic mass is 10.1. The Labute approximate surface area is 196 Å². The van der Waals surface area contributed by atoms with E-state index in [1.165, 1.54) is 89.9 Å². The van der Waals surface area contributed by atoms with Gasteiger partial charge in [-0.25, -0.2) is 4.39 Å². The van der Waals surface area contributed by atoms with Crippen LogP contribution < -0.4 is 16.2 Å². The van der Waals surface area contributed by atoms with Gasteiger partial charge in [0.2, 0.25) is 0 Å². The molecule has 0 amide bonds. The molecule has 0 spiro atoms. The first-order valence-electron chi connectivity index (χ1n) is 12.8. The monoisotopic (exact) mass is 455 g/mol. The molecule has 1 aromatic carbocycles. The second-order valence-electron chi connectivity index (χ2n) is 8.84. The van der Waals surface area contributed by atoms with Gasteiger partial charge in [0.05, 0.1) is 16.4 Å². The van der Waals surface area contributed by atoms with Gasteiger partial charge in [-0.2, -0.15) is 0 Å². The summed E-state index contributed by atoms with van der Waals surface area (Å²) in [6.07, 6.45) is 20.3. The summed E-state index contributed by atoms with van der Waals surface area (Å²) in [5.74, 6) is 5.16. The minimum atomic E-state index is -0.339. The third kappa shape index (κ3) is 12.0. The van der Waals surface area contributed by atoms with Crippen LogP contribution in [0.5, 0.6) is 0 Å². The van der Waals surface area contributed by atoms with Crippen molar-refractivity contribution in [2.45, 2.75) is 117 Å². The predicted molar refractivity (Wildman–Crippen MR) is 137 cm³/mol. The molecule has 1 rings (SSSR count). The molecule has 0 aliphatic rings. The van der Waals surface area contributed by atoms with Crippen molar-refractivity contribution < 1.29 is 4.39 Å². The number of nitrogens with two attached hydrogens (primary N) is 1. The summed E-state index contributed by atoms with van der Waals surface area (Å²) in [7, 11) is 0. The molecule has 0 fully saturated rings. The summed E-state index contributed by atoms with van der Waals surface area (Å²) in [4.78, 5) is 2.15. The Morgan fingerprint density at radius 2 is 1.16 bits per heavy atom. The van der Waals surface area contributed by atoms with Crippen molar-refractivity contribution in [1.82, 2.24) is 0 Å². The molecule has 0 aromatic heterocycles. The molecule has 5 heteroatoms. The van der Waals surface area contributed by atoms with Gasteiger partial charge in [-0.15, -0.1) is 0 Å². The maximum atomic E-state index is 15.0. The molecule has 31 heavy (non-hydrogen) atoms. The van der Waals surface area contributed by atoms with Crippen LogP contribution in [0.25, 0.3) is 0 Å². The van der Waals surface area contributed by atoms with Crippen LogP contribution in [-0.4, -0.2) is 13.1 Å². The van der Waals surface area contributed by atoms with Crippen LogP contribution in [0.4, 0.5) is 15.8 Å². The highest BCUT2D eigenvalue weighted by atomic mass is 35.5. The van der Waals surface area contributed by atoms with E-state index in [1.807, 2.05) is 0 Å². The third-order valence-electron chi connectivity index (χ3n) is 6.10. The van der Waals surface area contributed by atoms with Crippen LogP contribution in [0.1, 0.15) is 117 Å². The highest BCUT2D eigenvalue weighted by Crippen LogP contribution is 2.34. The Bertz CT molecular complexity index is 548. The van der Waals surface area contributed by atoms with E-state index >= 15 is 4.39 Å². The Balaban J connectivity index is 2.53. The van der Waals surface area contributed by atoms with E-state index in [4.69, 9.17) is 17.4 Å². The van der Waals surface area contributed by atoms with Gasteiger partial charge >= 0.3 is 0 Å². The number of nitrogen functional groups attached to an aromatic ring is 1. The Hall–Kier alpha value is -1.00. The molecular formula is C26H47ClFN3. The minimum absolute atomic E-state index is 0.302. The quantitative estimate of drug-likeness (QED) is 0.117. The Morgan fingerprint density at radius 1 is 0.742 bits per heavy atom. The zero-order chi connectivity index (χ0) is 22.7. The molecule has 3 N–H and O–H groups in total. The van der Waals surface area contributed by atoms with Crippen molar-refractivity contribution in [1.29, 1.82) is 0 Å². The van der Waals surface area contributed by atoms with Crippen LogP contribution in [0.2, 0.25) is 5.02 Å². The second-order valence-corrected chi connectivity index (χ2v) is 9.25. The number of halogens is 2.